The lowest BCUT2D eigenvalue weighted by Crippen LogP contribution is -2.15. The molecular weight excluding hydrogens is 184 g/mol. The minimum Gasteiger partial charge on any atom is -0.351 e. The smallest absolute Gasteiger partial charge is 0.0477 e. The highest BCUT2D eigenvalue weighted by Gasteiger charge is 2.19. The molecule has 2 aromatic rings. The zero-order valence-corrected chi connectivity index (χ0v) is 9.03. The van der Waals surface area contributed by atoms with Crippen molar-refractivity contribution in [3.63, 3.8) is 0 Å². The van der Waals surface area contributed by atoms with Crippen LogP contribution in [0.1, 0.15) is 18.4 Å². The molecule has 78 valence electrons. The molecule has 1 fully saturated rings. The van der Waals surface area contributed by atoms with Gasteiger partial charge in [0.1, 0.15) is 0 Å². The molecule has 0 atom stereocenters. The standard InChI is InChI=1S/C13H16N2/c1-15-7-6-11-8-10(2-5-13(11)15)9-14-12-3-4-12/h2,5-8,12,14H,3-4,9H2,1H3. The highest BCUT2D eigenvalue weighted by Crippen LogP contribution is 2.20. The molecule has 1 N–H and O–H groups in total. The molecule has 1 heterocycles. The lowest BCUT2D eigenvalue weighted by Gasteiger charge is -2.03. The molecule has 0 radical (unpaired) electrons. The summed E-state index contributed by atoms with van der Waals surface area (Å²) in [5.41, 5.74) is 2.70. The second kappa shape index (κ2) is 3.38. The molecule has 1 aromatic heterocycles. The van der Waals surface area contributed by atoms with Crippen LogP contribution in [0.25, 0.3) is 10.9 Å². The number of hydrogen-bond donors (Lipinski definition) is 1. The maximum atomic E-state index is 3.54. The molecule has 1 aliphatic carbocycles. The second-order valence-electron chi connectivity index (χ2n) is 4.47. The molecule has 0 unspecified atom stereocenters. The molecule has 0 amide bonds. The topological polar surface area (TPSA) is 17.0 Å². The first-order valence-electron chi connectivity index (χ1n) is 5.60. The van der Waals surface area contributed by atoms with Crippen molar-refractivity contribution in [3.8, 4) is 0 Å². The van der Waals surface area contributed by atoms with Crippen LogP contribution in [-0.4, -0.2) is 10.6 Å². The maximum absolute atomic E-state index is 3.54. The predicted molar refractivity (Wildman–Crippen MR) is 62.8 cm³/mol. The summed E-state index contributed by atoms with van der Waals surface area (Å²) >= 11 is 0. The maximum Gasteiger partial charge on any atom is 0.0477 e. The third kappa shape index (κ3) is 1.77. The Balaban J connectivity index is 1.85. The van der Waals surface area contributed by atoms with Gasteiger partial charge in [-0.15, -0.1) is 0 Å². The lowest BCUT2D eigenvalue weighted by molar-refractivity contribution is 0.688. The van der Waals surface area contributed by atoms with E-state index in [0.717, 1.165) is 12.6 Å². The van der Waals surface area contributed by atoms with Crippen LogP contribution in [0.5, 0.6) is 0 Å². The molecule has 15 heavy (non-hydrogen) atoms. The summed E-state index contributed by atoms with van der Waals surface area (Å²) in [7, 11) is 2.09. The number of aryl methyl sites for hydroxylation is 1. The van der Waals surface area contributed by atoms with Gasteiger partial charge in [-0.05, 0) is 42.0 Å². The van der Waals surface area contributed by atoms with Gasteiger partial charge in [0, 0.05) is 31.3 Å². The molecule has 3 rings (SSSR count). The SMILES string of the molecule is Cn1ccc2cc(CNC3CC3)ccc21. The fourth-order valence-electron chi connectivity index (χ4n) is 1.99. The Bertz CT molecular complexity index is 480. The van der Waals surface area contributed by atoms with Gasteiger partial charge in [-0.3, -0.25) is 0 Å². The Morgan fingerprint density at radius 2 is 2.20 bits per heavy atom. The number of benzene rings is 1. The number of rotatable bonds is 3. The molecule has 0 bridgehead atoms. The van der Waals surface area contributed by atoms with Crippen LogP contribution in [0.4, 0.5) is 0 Å². The summed E-state index contributed by atoms with van der Waals surface area (Å²) < 4.78 is 2.16. The van der Waals surface area contributed by atoms with Crippen molar-refractivity contribution in [1.29, 1.82) is 0 Å². The normalized spacial score (nSPS) is 16.1. The monoisotopic (exact) mass is 200 g/mol. The summed E-state index contributed by atoms with van der Waals surface area (Å²) in [4.78, 5) is 0. The summed E-state index contributed by atoms with van der Waals surface area (Å²) in [6.45, 7) is 1.01. The van der Waals surface area contributed by atoms with Crippen molar-refractivity contribution in [3.05, 3.63) is 36.0 Å². The minimum absolute atomic E-state index is 0.788. The van der Waals surface area contributed by atoms with E-state index in [2.05, 4.69) is 47.4 Å². The molecule has 2 heteroatoms. The molecule has 1 saturated carbocycles. The van der Waals surface area contributed by atoms with Gasteiger partial charge in [0.25, 0.3) is 0 Å². The Kier molecular flexibility index (Phi) is 2.03. The average molecular weight is 200 g/mol. The van der Waals surface area contributed by atoms with Gasteiger partial charge < -0.3 is 9.88 Å². The van der Waals surface area contributed by atoms with Gasteiger partial charge in [0.15, 0.2) is 0 Å². The predicted octanol–water partition coefficient (Wildman–Crippen LogP) is 2.43. The summed E-state index contributed by atoms with van der Waals surface area (Å²) in [5.74, 6) is 0. The first kappa shape index (κ1) is 8.98. The van der Waals surface area contributed by atoms with E-state index in [1.54, 1.807) is 0 Å². The van der Waals surface area contributed by atoms with Crippen LogP contribution in [0.3, 0.4) is 0 Å². The largest absolute Gasteiger partial charge is 0.351 e. The van der Waals surface area contributed by atoms with Crippen LogP contribution in [-0.2, 0) is 13.6 Å². The van der Waals surface area contributed by atoms with Crippen molar-refractivity contribution in [2.75, 3.05) is 0 Å². The first-order valence-corrected chi connectivity index (χ1v) is 5.60. The molecular formula is C13H16N2. The van der Waals surface area contributed by atoms with Gasteiger partial charge in [0.2, 0.25) is 0 Å². The number of fused-ring (bicyclic) bond motifs is 1. The molecule has 0 aliphatic heterocycles. The third-order valence-corrected chi connectivity index (χ3v) is 3.12. The van der Waals surface area contributed by atoms with Crippen LogP contribution >= 0.6 is 0 Å². The van der Waals surface area contributed by atoms with Crippen molar-refractivity contribution >= 4 is 10.9 Å². The van der Waals surface area contributed by atoms with E-state index < -0.39 is 0 Å². The summed E-state index contributed by atoms with van der Waals surface area (Å²) in [5, 5.41) is 4.88. The third-order valence-electron chi connectivity index (χ3n) is 3.12. The lowest BCUT2D eigenvalue weighted by atomic mass is 10.1. The molecule has 1 aromatic carbocycles. The Morgan fingerprint density at radius 1 is 1.33 bits per heavy atom. The van der Waals surface area contributed by atoms with Crippen molar-refractivity contribution in [2.24, 2.45) is 7.05 Å². The van der Waals surface area contributed by atoms with E-state index in [1.165, 1.54) is 29.3 Å². The van der Waals surface area contributed by atoms with Crippen LogP contribution < -0.4 is 5.32 Å². The average Bonchev–Trinajstić information content (AvgIpc) is 3.01. The van der Waals surface area contributed by atoms with Gasteiger partial charge in [-0.25, -0.2) is 0 Å². The van der Waals surface area contributed by atoms with Crippen LogP contribution in [0.2, 0.25) is 0 Å². The van der Waals surface area contributed by atoms with E-state index in [-0.39, 0.29) is 0 Å². The molecule has 0 saturated heterocycles. The first-order chi connectivity index (χ1) is 7.33. The van der Waals surface area contributed by atoms with E-state index >= 15 is 0 Å². The minimum atomic E-state index is 0.788. The zero-order valence-electron chi connectivity index (χ0n) is 9.03. The molecule has 2 nitrogen and oxygen atoms in total. The van der Waals surface area contributed by atoms with Gasteiger partial charge >= 0.3 is 0 Å². The Morgan fingerprint density at radius 3 is 3.00 bits per heavy atom. The second-order valence-corrected chi connectivity index (χ2v) is 4.47. The van der Waals surface area contributed by atoms with E-state index in [1.807, 2.05) is 0 Å². The van der Waals surface area contributed by atoms with Crippen LogP contribution in [0.15, 0.2) is 30.5 Å². The van der Waals surface area contributed by atoms with Crippen molar-refractivity contribution in [1.82, 2.24) is 9.88 Å². The summed E-state index contributed by atoms with van der Waals surface area (Å²) in [6.07, 6.45) is 4.82. The highest BCUT2D eigenvalue weighted by atomic mass is 14.9. The molecule has 0 spiro atoms. The number of aromatic nitrogens is 1. The quantitative estimate of drug-likeness (QED) is 0.805. The fraction of sp³-hybridized carbons (Fsp3) is 0.385. The van der Waals surface area contributed by atoms with Gasteiger partial charge in [-0.1, -0.05) is 6.07 Å². The molecule has 1 aliphatic rings. The number of hydrogen-bond acceptors (Lipinski definition) is 1. The number of nitrogens with one attached hydrogen (secondary N) is 1. The number of nitrogens with zero attached hydrogens (tertiary/aromatic N) is 1. The zero-order chi connectivity index (χ0) is 10.3. The van der Waals surface area contributed by atoms with E-state index in [0.29, 0.717) is 0 Å². The van der Waals surface area contributed by atoms with E-state index in [9.17, 15) is 0 Å². The summed E-state index contributed by atoms with van der Waals surface area (Å²) in [6, 6.07) is 9.67. The van der Waals surface area contributed by atoms with Crippen molar-refractivity contribution in [2.45, 2.75) is 25.4 Å². The van der Waals surface area contributed by atoms with Crippen molar-refractivity contribution < 1.29 is 0 Å². The highest BCUT2D eigenvalue weighted by molar-refractivity contribution is 5.80. The van der Waals surface area contributed by atoms with Gasteiger partial charge in [-0.2, -0.15) is 0 Å². The Labute approximate surface area is 89.9 Å². The van der Waals surface area contributed by atoms with Gasteiger partial charge in [0.05, 0.1) is 0 Å². The Hall–Kier alpha value is -1.28. The van der Waals surface area contributed by atoms with E-state index in [4.69, 9.17) is 0 Å². The fourth-order valence-corrected chi connectivity index (χ4v) is 1.99. The van der Waals surface area contributed by atoms with Crippen LogP contribution in [0, 0.1) is 0 Å².